The van der Waals surface area contributed by atoms with Crippen molar-refractivity contribution in [2.75, 3.05) is 6.61 Å². The van der Waals surface area contributed by atoms with E-state index in [0.717, 1.165) is 12.8 Å². The standard InChI is InChI=1S/C12H22O/c1-2-3-4-5-6-7-8-9-10-11-12-13/h3-4,10-11,13H,2,5-9,12H2,1H3. The normalized spacial score (nSPS) is 11.8. The molecule has 0 amide bonds. The Morgan fingerprint density at radius 1 is 0.846 bits per heavy atom. The van der Waals surface area contributed by atoms with E-state index in [1.807, 2.05) is 6.08 Å². The van der Waals surface area contributed by atoms with Gasteiger partial charge in [0.25, 0.3) is 0 Å². The maximum Gasteiger partial charge on any atom is 0.0612 e. The molecule has 0 saturated heterocycles. The molecule has 0 radical (unpaired) electrons. The highest BCUT2D eigenvalue weighted by Gasteiger charge is 1.84. The third kappa shape index (κ3) is 11.4. The van der Waals surface area contributed by atoms with Gasteiger partial charge in [0.05, 0.1) is 6.61 Å². The summed E-state index contributed by atoms with van der Waals surface area (Å²) in [6.45, 7) is 2.34. The van der Waals surface area contributed by atoms with E-state index < -0.39 is 0 Å². The zero-order chi connectivity index (χ0) is 9.78. The van der Waals surface area contributed by atoms with Gasteiger partial charge >= 0.3 is 0 Å². The number of rotatable bonds is 8. The monoisotopic (exact) mass is 182 g/mol. The molecular weight excluding hydrogens is 160 g/mol. The second kappa shape index (κ2) is 11.4. The summed E-state index contributed by atoms with van der Waals surface area (Å²) in [5.74, 6) is 0. The quantitative estimate of drug-likeness (QED) is 0.450. The molecule has 0 aliphatic rings. The van der Waals surface area contributed by atoms with E-state index in [-0.39, 0.29) is 6.61 Å². The van der Waals surface area contributed by atoms with Crippen LogP contribution in [0.4, 0.5) is 0 Å². The Kier molecular flexibility index (Phi) is 10.9. The first-order valence-corrected chi connectivity index (χ1v) is 5.32. The third-order valence-corrected chi connectivity index (χ3v) is 1.92. The number of aliphatic hydroxyl groups excluding tert-OH is 1. The average molecular weight is 182 g/mol. The first kappa shape index (κ1) is 12.4. The van der Waals surface area contributed by atoms with Crippen molar-refractivity contribution < 1.29 is 5.11 Å². The fourth-order valence-electron chi connectivity index (χ4n) is 1.18. The predicted molar refractivity (Wildman–Crippen MR) is 58.7 cm³/mol. The first-order valence-electron chi connectivity index (χ1n) is 5.32. The number of allylic oxidation sites excluding steroid dienone is 3. The van der Waals surface area contributed by atoms with Gasteiger partial charge in [0, 0.05) is 0 Å². The summed E-state index contributed by atoms with van der Waals surface area (Å²) in [6.07, 6.45) is 15.7. The topological polar surface area (TPSA) is 20.2 Å². The molecule has 0 fully saturated rings. The lowest BCUT2D eigenvalue weighted by Gasteiger charge is -1.94. The van der Waals surface area contributed by atoms with Crippen LogP contribution in [0.3, 0.4) is 0 Å². The Balaban J connectivity index is 2.99. The summed E-state index contributed by atoms with van der Waals surface area (Å²) < 4.78 is 0. The smallest absolute Gasteiger partial charge is 0.0612 e. The molecule has 1 nitrogen and oxygen atoms in total. The number of aliphatic hydroxyl groups is 1. The lowest BCUT2D eigenvalue weighted by atomic mass is 10.1. The fourth-order valence-corrected chi connectivity index (χ4v) is 1.18. The zero-order valence-corrected chi connectivity index (χ0v) is 8.71. The predicted octanol–water partition coefficient (Wildman–Crippen LogP) is 3.45. The molecule has 0 unspecified atom stereocenters. The van der Waals surface area contributed by atoms with Gasteiger partial charge in [-0.15, -0.1) is 0 Å². The van der Waals surface area contributed by atoms with Crippen molar-refractivity contribution in [3.05, 3.63) is 24.3 Å². The molecule has 0 aliphatic carbocycles. The van der Waals surface area contributed by atoms with Crippen LogP contribution in [0.5, 0.6) is 0 Å². The summed E-state index contributed by atoms with van der Waals surface area (Å²) in [7, 11) is 0. The van der Waals surface area contributed by atoms with E-state index >= 15 is 0 Å². The molecule has 0 atom stereocenters. The van der Waals surface area contributed by atoms with Crippen LogP contribution < -0.4 is 0 Å². The Morgan fingerprint density at radius 2 is 1.46 bits per heavy atom. The molecular formula is C12H22O. The highest BCUT2D eigenvalue weighted by atomic mass is 16.2. The second-order valence-electron chi connectivity index (χ2n) is 3.17. The van der Waals surface area contributed by atoms with E-state index in [1.54, 1.807) is 0 Å². The Bertz CT molecular complexity index is 120. The molecule has 0 aromatic heterocycles. The molecule has 0 rings (SSSR count). The maximum absolute atomic E-state index is 8.47. The van der Waals surface area contributed by atoms with Crippen molar-refractivity contribution in [3.63, 3.8) is 0 Å². The minimum atomic E-state index is 0.180. The van der Waals surface area contributed by atoms with Crippen molar-refractivity contribution in [1.82, 2.24) is 0 Å². The van der Waals surface area contributed by atoms with Crippen molar-refractivity contribution in [2.45, 2.75) is 45.4 Å². The highest BCUT2D eigenvalue weighted by Crippen LogP contribution is 2.04. The summed E-state index contributed by atoms with van der Waals surface area (Å²) in [5.41, 5.74) is 0. The van der Waals surface area contributed by atoms with Gasteiger partial charge in [-0.3, -0.25) is 0 Å². The minimum absolute atomic E-state index is 0.180. The van der Waals surface area contributed by atoms with Crippen molar-refractivity contribution in [3.8, 4) is 0 Å². The average Bonchev–Trinajstić information content (AvgIpc) is 2.16. The molecule has 76 valence electrons. The zero-order valence-electron chi connectivity index (χ0n) is 8.71. The Hall–Kier alpha value is -0.560. The summed E-state index contributed by atoms with van der Waals surface area (Å²) in [6, 6.07) is 0. The van der Waals surface area contributed by atoms with Gasteiger partial charge < -0.3 is 5.11 Å². The lowest BCUT2D eigenvalue weighted by molar-refractivity contribution is 0.342. The lowest BCUT2D eigenvalue weighted by Crippen LogP contribution is -1.76. The highest BCUT2D eigenvalue weighted by molar-refractivity contribution is 4.81. The van der Waals surface area contributed by atoms with Crippen LogP contribution in [0.25, 0.3) is 0 Å². The molecule has 0 aromatic rings. The SMILES string of the molecule is CCC=CCCCCCC=CCO. The van der Waals surface area contributed by atoms with Crippen LogP contribution in [0.1, 0.15) is 45.4 Å². The molecule has 1 heteroatoms. The van der Waals surface area contributed by atoms with E-state index in [0.29, 0.717) is 0 Å². The molecule has 13 heavy (non-hydrogen) atoms. The van der Waals surface area contributed by atoms with Crippen molar-refractivity contribution in [1.29, 1.82) is 0 Å². The number of hydrogen-bond acceptors (Lipinski definition) is 1. The summed E-state index contributed by atoms with van der Waals surface area (Å²) in [5, 5.41) is 8.47. The Morgan fingerprint density at radius 3 is 2.00 bits per heavy atom. The Labute approximate surface area is 82.2 Å². The van der Waals surface area contributed by atoms with Gasteiger partial charge in [-0.1, -0.05) is 37.6 Å². The molecule has 0 bridgehead atoms. The molecule has 0 aromatic carbocycles. The molecule has 0 saturated carbocycles. The van der Waals surface area contributed by atoms with Crippen molar-refractivity contribution in [2.24, 2.45) is 0 Å². The fraction of sp³-hybridized carbons (Fsp3) is 0.667. The third-order valence-electron chi connectivity index (χ3n) is 1.92. The van der Waals surface area contributed by atoms with Crippen LogP contribution in [0, 0.1) is 0 Å². The largest absolute Gasteiger partial charge is 0.392 e. The van der Waals surface area contributed by atoms with Gasteiger partial charge in [-0.25, -0.2) is 0 Å². The van der Waals surface area contributed by atoms with Crippen molar-refractivity contribution >= 4 is 0 Å². The van der Waals surface area contributed by atoms with Crippen LogP contribution in [0.15, 0.2) is 24.3 Å². The van der Waals surface area contributed by atoms with Crippen LogP contribution in [0.2, 0.25) is 0 Å². The minimum Gasteiger partial charge on any atom is -0.392 e. The van der Waals surface area contributed by atoms with E-state index in [1.165, 1.54) is 25.7 Å². The van der Waals surface area contributed by atoms with E-state index in [2.05, 4.69) is 25.2 Å². The maximum atomic E-state index is 8.47. The molecule has 0 heterocycles. The number of unbranched alkanes of at least 4 members (excludes halogenated alkanes) is 4. The molecule has 0 aliphatic heterocycles. The van der Waals surface area contributed by atoms with Crippen LogP contribution >= 0.6 is 0 Å². The van der Waals surface area contributed by atoms with Gasteiger partial charge in [0.1, 0.15) is 0 Å². The van der Waals surface area contributed by atoms with E-state index in [9.17, 15) is 0 Å². The van der Waals surface area contributed by atoms with Crippen LogP contribution in [-0.2, 0) is 0 Å². The summed E-state index contributed by atoms with van der Waals surface area (Å²) >= 11 is 0. The number of hydrogen-bond donors (Lipinski definition) is 1. The van der Waals surface area contributed by atoms with Crippen LogP contribution in [-0.4, -0.2) is 11.7 Å². The first-order chi connectivity index (χ1) is 6.41. The van der Waals surface area contributed by atoms with E-state index in [4.69, 9.17) is 5.11 Å². The van der Waals surface area contributed by atoms with Gasteiger partial charge in [0.15, 0.2) is 0 Å². The molecule has 0 spiro atoms. The van der Waals surface area contributed by atoms with Gasteiger partial charge in [-0.2, -0.15) is 0 Å². The van der Waals surface area contributed by atoms with Gasteiger partial charge in [0.2, 0.25) is 0 Å². The molecule has 1 N–H and O–H groups in total. The second-order valence-corrected chi connectivity index (χ2v) is 3.17. The summed E-state index contributed by atoms with van der Waals surface area (Å²) in [4.78, 5) is 0. The van der Waals surface area contributed by atoms with Gasteiger partial charge in [-0.05, 0) is 32.1 Å².